The Morgan fingerprint density at radius 3 is 2.09 bits per heavy atom. The highest BCUT2D eigenvalue weighted by Crippen LogP contribution is 2.14. The topological polar surface area (TPSA) is 142 Å². The van der Waals surface area contributed by atoms with Gasteiger partial charge in [0.05, 0.1) is 5.57 Å². The Morgan fingerprint density at radius 2 is 1.68 bits per heavy atom. The zero-order chi connectivity index (χ0) is 17.0. The van der Waals surface area contributed by atoms with Crippen LogP contribution in [0.1, 0.15) is 40.3 Å². The summed E-state index contributed by atoms with van der Waals surface area (Å²) in [5.74, 6) is -4.53. The molecule has 0 spiro atoms. The van der Waals surface area contributed by atoms with Crippen LogP contribution in [0.15, 0.2) is 32.7 Å². The zero-order valence-corrected chi connectivity index (χ0v) is 11.6. The van der Waals surface area contributed by atoms with Crippen LogP contribution in [0, 0.1) is 0 Å². The largest absolute Gasteiger partial charge is 0.512 e. The van der Waals surface area contributed by atoms with E-state index in [0.29, 0.717) is 0 Å². The molecule has 0 saturated heterocycles. The lowest BCUT2D eigenvalue weighted by atomic mass is 10.1. The van der Waals surface area contributed by atoms with Crippen molar-refractivity contribution >= 4 is 23.8 Å². The second-order valence-electron chi connectivity index (χ2n) is 4.22. The Morgan fingerprint density at radius 1 is 1.09 bits per heavy atom. The van der Waals surface area contributed by atoms with E-state index < -0.39 is 51.6 Å². The Labute approximate surface area is 123 Å². The maximum Gasteiger partial charge on any atom is 0.347 e. The van der Waals surface area contributed by atoms with Crippen LogP contribution in [0.3, 0.4) is 0 Å². The van der Waals surface area contributed by atoms with Crippen molar-refractivity contribution in [2.75, 3.05) is 0 Å². The number of aliphatic hydroxyl groups excluding tert-OH is 1. The third-order valence-electron chi connectivity index (χ3n) is 2.61. The summed E-state index contributed by atoms with van der Waals surface area (Å²) in [5.41, 5.74) is -2.46. The van der Waals surface area contributed by atoms with Gasteiger partial charge in [0.2, 0.25) is 0 Å². The first-order chi connectivity index (χ1) is 10.1. The number of carbonyl (C=O) groups is 3. The maximum absolute atomic E-state index is 11.6. The van der Waals surface area contributed by atoms with Crippen LogP contribution in [0.2, 0.25) is 0 Å². The number of hydrogen-bond acceptors (Lipinski definition) is 6. The molecule has 0 aliphatic heterocycles. The van der Waals surface area contributed by atoms with Crippen LogP contribution in [0.25, 0.3) is 6.08 Å². The van der Waals surface area contributed by atoms with E-state index in [-0.39, 0.29) is 0 Å². The van der Waals surface area contributed by atoms with E-state index in [9.17, 15) is 24.3 Å². The molecule has 0 unspecified atom stereocenters. The Kier molecular flexibility index (Phi) is 5.01. The highest BCUT2D eigenvalue weighted by molar-refractivity contribution is 5.98. The molecule has 1 aromatic rings. The van der Waals surface area contributed by atoms with Crippen LogP contribution in [-0.4, -0.2) is 33.0 Å². The van der Waals surface area contributed by atoms with Crippen molar-refractivity contribution in [3.8, 4) is 0 Å². The lowest BCUT2D eigenvalue weighted by Crippen LogP contribution is -2.15. The van der Waals surface area contributed by atoms with Gasteiger partial charge < -0.3 is 19.7 Å². The fourth-order valence-electron chi connectivity index (χ4n) is 1.53. The lowest BCUT2D eigenvalue weighted by Gasteiger charge is -2.02. The van der Waals surface area contributed by atoms with Crippen LogP contribution >= 0.6 is 0 Å². The molecule has 0 aromatic carbocycles. The fraction of sp³-hybridized carbons (Fsp3) is 0.143. The van der Waals surface area contributed by atoms with Gasteiger partial charge in [-0.15, -0.1) is 0 Å². The fourth-order valence-corrected chi connectivity index (χ4v) is 1.53. The van der Waals surface area contributed by atoms with Gasteiger partial charge in [0.1, 0.15) is 22.6 Å². The van der Waals surface area contributed by atoms with E-state index >= 15 is 0 Å². The summed E-state index contributed by atoms with van der Waals surface area (Å²) in [6.45, 7) is 2.20. The monoisotopic (exact) mass is 308 g/mol. The van der Waals surface area contributed by atoms with Crippen LogP contribution in [0.5, 0.6) is 0 Å². The second kappa shape index (κ2) is 6.53. The molecule has 0 aliphatic rings. The number of aliphatic hydroxyl groups is 1. The van der Waals surface area contributed by atoms with Gasteiger partial charge in [0.15, 0.2) is 5.78 Å². The third-order valence-corrected chi connectivity index (χ3v) is 2.61. The van der Waals surface area contributed by atoms with Gasteiger partial charge in [0, 0.05) is 0 Å². The number of rotatable bonds is 5. The second-order valence-corrected chi connectivity index (χ2v) is 4.22. The van der Waals surface area contributed by atoms with Crippen molar-refractivity contribution in [2.24, 2.45) is 0 Å². The summed E-state index contributed by atoms with van der Waals surface area (Å²) in [5, 5.41) is 27.1. The average Bonchev–Trinajstić information content (AvgIpc) is 2.37. The van der Waals surface area contributed by atoms with E-state index in [0.717, 1.165) is 32.1 Å². The number of ketones is 1. The quantitative estimate of drug-likeness (QED) is 0.321. The highest BCUT2D eigenvalue weighted by Gasteiger charge is 2.18. The molecule has 0 bridgehead atoms. The summed E-state index contributed by atoms with van der Waals surface area (Å²) >= 11 is 0. The van der Waals surface area contributed by atoms with E-state index in [4.69, 9.17) is 14.6 Å². The minimum atomic E-state index is -1.47. The van der Waals surface area contributed by atoms with Crippen molar-refractivity contribution in [3.63, 3.8) is 0 Å². The van der Waals surface area contributed by atoms with Crippen LogP contribution in [0.4, 0.5) is 0 Å². The van der Waals surface area contributed by atoms with Gasteiger partial charge in [-0.1, -0.05) is 0 Å². The van der Waals surface area contributed by atoms with Crippen molar-refractivity contribution in [3.05, 3.63) is 50.8 Å². The zero-order valence-electron chi connectivity index (χ0n) is 11.6. The number of aromatic carboxylic acids is 1. The van der Waals surface area contributed by atoms with Gasteiger partial charge in [0.25, 0.3) is 0 Å². The molecule has 1 heterocycles. The summed E-state index contributed by atoms with van der Waals surface area (Å²) in [6.07, 6.45) is 1.80. The van der Waals surface area contributed by atoms with E-state index in [2.05, 4.69) is 0 Å². The average molecular weight is 308 g/mol. The highest BCUT2D eigenvalue weighted by atomic mass is 16.4. The number of carbonyl (C=O) groups excluding carboxylic acids is 1. The van der Waals surface area contributed by atoms with Crippen molar-refractivity contribution in [1.82, 2.24) is 0 Å². The molecule has 0 aliphatic carbocycles. The number of aliphatic carboxylic acids is 1. The molecule has 1 rings (SSSR count). The maximum atomic E-state index is 11.6. The van der Waals surface area contributed by atoms with Crippen molar-refractivity contribution in [1.29, 1.82) is 0 Å². The van der Waals surface area contributed by atoms with Gasteiger partial charge in [-0.25, -0.2) is 14.4 Å². The summed E-state index contributed by atoms with van der Waals surface area (Å²) in [7, 11) is 0. The summed E-state index contributed by atoms with van der Waals surface area (Å²) in [4.78, 5) is 44.8. The number of carboxylic acids is 2. The van der Waals surface area contributed by atoms with Crippen LogP contribution < -0.4 is 5.63 Å². The first kappa shape index (κ1) is 16.9. The molecule has 0 saturated carbocycles. The number of Topliss-reactive ketones (excluding diaryl/α,β-unsaturated/α-hetero) is 1. The van der Waals surface area contributed by atoms with Crippen molar-refractivity contribution in [2.45, 2.75) is 13.8 Å². The van der Waals surface area contributed by atoms with E-state index in [1.165, 1.54) is 0 Å². The molecule has 0 fully saturated rings. The molecule has 0 atom stereocenters. The smallest absolute Gasteiger partial charge is 0.347 e. The molecule has 3 N–H and O–H groups in total. The Hall–Kier alpha value is -3.16. The first-order valence-electron chi connectivity index (χ1n) is 5.88. The summed E-state index contributed by atoms with van der Waals surface area (Å²) in [6, 6.07) is 0.853. The molecule has 0 amide bonds. The number of carboxylic acid groups (broad SMARTS) is 2. The SMILES string of the molecule is CC(=O)c1cc(C(=O)O)c(/C=C/C(C(=O)O)=C(/C)O)oc1=O. The lowest BCUT2D eigenvalue weighted by molar-refractivity contribution is -0.132. The van der Waals surface area contributed by atoms with E-state index in [1.807, 2.05) is 0 Å². The normalized spacial score (nSPS) is 12.1. The molecule has 0 radical (unpaired) electrons. The van der Waals surface area contributed by atoms with Crippen molar-refractivity contribution < 1.29 is 34.1 Å². The third kappa shape index (κ3) is 3.69. The van der Waals surface area contributed by atoms with Gasteiger partial charge in [-0.3, -0.25) is 4.79 Å². The van der Waals surface area contributed by atoms with Gasteiger partial charge in [-0.2, -0.15) is 0 Å². The molecule has 8 nitrogen and oxygen atoms in total. The predicted octanol–water partition coefficient (Wildman–Crippen LogP) is 1.47. The molecule has 1 aromatic heterocycles. The molecular formula is C14H12O8. The van der Waals surface area contributed by atoms with E-state index in [1.54, 1.807) is 0 Å². The molecule has 8 heteroatoms. The minimum Gasteiger partial charge on any atom is -0.512 e. The standard InChI is InChI=1S/C14H12O8/c1-6(15)8(12(17)18)3-4-11-10(13(19)20)5-9(7(2)16)14(21)22-11/h3-5,15H,1-2H3,(H,17,18)(H,19,20)/b4-3+,8-6+. The predicted molar refractivity (Wildman–Crippen MR) is 73.9 cm³/mol. The van der Waals surface area contributed by atoms with Gasteiger partial charge >= 0.3 is 17.6 Å². The number of allylic oxidation sites excluding steroid dienone is 1. The Bertz CT molecular complexity index is 760. The van der Waals surface area contributed by atoms with Crippen LogP contribution in [-0.2, 0) is 4.79 Å². The molecular weight excluding hydrogens is 296 g/mol. The minimum absolute atomic E-state index is 0.429. The first-order valence-corrected chi connectivity index (χ1v) is 5.88. The Balaban J connectivity index is 3.49. The molecule has 22 heavy (non-hydrogen) atoms. The number of hydrogen-bond donors (Lipinski definition) is 3. The summed E-state index contributed by atoms with van der Waals surface area (Å²) < 4.78 is 4.73. The molecule has 116 valence electrons. The van der Waals surface area contributed by atoms with Gasteiger partial charge in [-0.05, 0) is 32.1 Å².